The Hall–Kier alpha value is -2.14. The molecule has 2 aromatic rings. The van der Waals surface area contributed by atoms with Crippen LogP contribution in [0.1, 0.15) is 11.4 Å². The maximum absolute atomic E-state index is 11.9. The molecule has 2 rings (SSSR count). The van der Waals surface area contributed by atoms with Crippen LogP contribution in [0.25, 0.3) is 6.08 Å². The van der Waals surface area contributed by atoms with E-state index in [-0.39, 0.29) is 5.91 Å². The molecule has 0 radical (unpaired) electrons. The molecule has 0 aliphatic rings. The second-order valence-electron chi connectivity index (χ2n) is 4.01. The third kappa shape index (κ3) is 3.93. The molecule has 1 N–H and O–H groups in total. The van der Waals surface area contributed by atoms with Gasteiger partial charge in [-0.2, -0.15) is 5.10 Å². The van der Waals surface area contributed by atoms with Crippen LogP contribution in [0.5, 0.6) is 0 Å². The highest BCUT2D eigenvalue weighted by molar-refractivity contribution is 6.30. The van der Waals surface area contributed by atoms with Crippen LogP contribution in [-0.4, -0.2) is 33.0 Å². The number of H-pyrrole nitrogens is 1. The number of hydrogen-bond acceptors (Lipinski definition) is 3. The zero-order chi connectivity index (χ0) is 13.7. The molecule has 5 nitrogen and oxygen atoms in total. The molecule has 0 aliphatic heterocycles. The summed E-state index contributed by atoms with van der Waals surface area (Å²) >= 11 is 5.79. The Kier molecular flexibility index (Phi) is 4.30. The lowest BCUT2D eigenvalue weighted by Crippen LogP contribution is -2.24. The first kappa shape index (κ1) is 13.3. The van der Waals surface area contributed by atoms with E-state index in [4.69, 9.17) is 11.6 Å². The van der Waals surface area contributed by atoms with Crippen molar-refractivity contribution in [2.24, 2.45) is 0 Å². The van der Waals surface area contributed by atoms with Crippen LogP contribution in [-0.2, 0) is 11.3 Å². The molecule has 0 atom stereocenters. The van der Waals surface area contributed by atoms with E-state index in [1.807, 2.05) is 12.1 Å². The first-order chi connectivity index (χ1) is 9.15. The number of amides is 1. The van der Waals surface area contributed by atoms with Crippen molar-refractivity contribution in [1.29, 1.82) is 0 Å². The molecule has 0 unspecified atom stereocenters. The highest BCUT2D eigenvalue weighted by Gasteiger charge is 2.07. The van der Waals surface area contributed by atoms with Gasteiger partial charge in [-0.1, -0.05) is 23.7 Å². The zero-order valence-electron chi connectivity index (χ0n) is 10.4. The molecule has 6 heteroatoms. The minimum Gasteiger partial charge on any atom is -0.335 e. The van der Waals surface area contributed by atoms with E-state index in [0.29, 0.717) is 17.4 Å². The van der Waals surface area contributed by atoms with Gasteiger partial charge >= 0.3 is 0 Å². The molecule has 0 bridgehead atoms. The first-order valence-electron chi connectivity index (χ1n) is 5.68. The van der Waals surface area contributed by atoms with Gasteiger partial charge in [0.05, 0.1) is 6.54 Å². The standard InChI is InChI=1S/C13H13ClN4O/c1-18(8-12-15-9-16-17-12)13(19)7-4-10-2-5-11(14)6-3-10/h2-7,9H,8H2,1H3,(H,15,16,17)/b7-4-. The molecule has 0 saturated carbocycles. The fourth-order valence-electron chi connectivity index (χ4n) is 1.48. The average molecular weight is 277 g/mol. The summed E-state index contributed by atoms with van der Waals surface area (Å²) in [5, 5.41) is 7.11. The van der Waals surface area contributed by atoms with Gasteiger partial charge in [0.25, 0.3) is 0 Å². The lowest BCUT2D eigenvalue weighted by Gasteiger charge is -2.12. The van der Waals surface area contributed by atoms with E-state index in [9.17, 15) is 4.79 Å². The number of nitrogens with one attached hydrogen (secondary N) is 1. The summed E-state index contributed by atoms with van der Waals surface area (Å²) in [6, 6.07) is 7.26. The van der Waals surface area contributed by atoms with Crippen molar-refractivity contribution in [3.63, 3.8) is 0 Å². The molecule has 1 heterocycles. The second-order valence-corrected chi connectivity index (χ2v) is 4.45. The molecule has 98 valence electrons. The van der Waals surface area contributed by atoms with Gasteiger partial charge in [-0.05, 0) is 23.8 Å². The summed E-state index contributed by atoms with van der Waals surface area (Å²) in [5.74, 6) is 0.544. The summed E-state index contributed by atoms with van der Waals surface area (Å²) in [4.78, 5) is 17.4. The number of halogens is 1. The molecule has 0 fully saturated rings. The number of hydrogen-bond donors (Lipinski definition) is 1. The number of carbonyl (C=O) groups excluding carboxylic acids is 1. The zero-order valence-corrected chi connectivity index (χ0v) is 11.1. The van der Waals surface area contributed by atoms with Gasteiger partial charge < -0.3 is 4.90 Å². The van der Waals surface area contributed by atoms with Gasteiger partial charge in [0.15, 0.2) is 0 Å². The van der Waals surface area contributed by atoms with E-state index in [2.05, 4.69) is 15.2 Å². The molecule has 0 spiro atoms. The van der Waals surface area contributed by atoms with Crippen LogP contribution in [0, 0.1) is 0 Å². The normalized spacial score (nSPS) is 10.8. The Labute approximate surface area is 115 Å². The van der Waals surface area contributed by atoms with Crippen LogP contribution in [0.4, 0.5) is 0 Å². The first-order valence-corrected chi connectivity index (χ1v) is 6.06. The van der Waals surface area contributed by atoms with Crippen molar-refractivity contribution in [2.45, 2.75) is 6.54 Å². The molecular formula is C13H13ClN4O. The highest BCUT2D eigenvalue weighted by Crippen LogP contribution is 2.10. The summed E-state index contributed by atoms with van der Waals surface area (Å²) < 4.78 is 0. The van der Waals surface area contributed by atoms with E-state index in [1.165, 1.54) is 12.4 Å². The van der Waals surface area contributed by atoms with E-state index in [0.717, 1.165) is 5.56 Å². The predicted molar refractivity (Wildman–Crippen MR) is 73.3 cm³/mol. The van der Waals surface area contributed by atoms with Crippen LogP contribution in [0.2, 0.25) is 5.02 Å². The number of carbonyl (C=O) groups is 1. The van der Waals surface area contributed by atoms with Crippen LogP contribution in [0.15, 0.2) is 36.7 Å². The minimum absolute atomic E-state index is 0.105. The van der Waals surface area contributed by atoms with Crippen molar-refractivity contribution < 1.29 is 4.79 Å². The molecule has 0 aliphatic carbocycles. The highest BCUT2D eigenvalue weighted by atomic mass is 35.5. The van der Waals surface area contributed by atoms with Gasteiger partial charge in [-0.3, -0.25) is 9.89 Å². The molecular weight excluding hydrogens is 264 g/mol. The maximum Gasteiger partial charge on any atom is 0.246 e. The Bertz CT molecular complexity index is 563. The smallest absolute Gasteiger partial charge is 0.246 e. The summed E-state index contributed by atoms with van der Waals surface area (Å²) in [7, 11) is 1.71. The quantitative estimate of drug-likeness (QED) is 0.870. The number of aromatic nitrogens is 3. The predicted octanol–water partition coefficient (Wildman–Crippen LogP) is 2.13. The van der Waals surface area contributed by atoms with Crippen molar-refractivity contribution in [3.8, 4) is 0 Å². The lowest BCUT2D eigenvalue weighted by molar-refractivity contribution is -0.125. The topological polar surface area (TPSA) is 61.9 Å². The average Bonchev–Trinajstić information content (AvgIpc) is 2.90. The summed E-state index contributed by atoms with van der Waals surface area (Å²) in [6.45, 7) is 0.393. The van der Waals surface area contributed by atoms with E-state index in [1.54, 1.807) is 30.2 Å². The Balaban J connectivity index is 1.94. The summed E-state index contributed by atoms with van der Waals surface area (Å²) in [5.41, 5.74) is 0.922. The number of aromatic amines is 1. The largest absolute Gasteiger partial charge is 0.335 e. The number of nitrogens with zero attached hydrogens (tertiary/aromatic N) is 3. The molecule has 19 heavy (non-hydrogen) atoms. The second kappa shape index (κ2) is 6.15. The third-order valence-electron chi connectivity index (χ3n) is 2.52. The lowest BCUT2D eigenvalue weighted by atomic mass is 10.2. The van der Waals surface area contributed by atoms with Gasteiger partial charge in [-0.15, -0.1) is 0 Å². The SMILES string of the molecule is CN(Cc1ncn[nH]1)C(=O)/C=C\c1ccc(Cl)cc1. The van der Waals surface area contributed by atoms with Gasteiger partial charge in [-0.25, -0.2) is 4.98 Å². The van der Waals surface area contributed by atoms with Crippen LogP contribution in [0.3, 0.4) is 0 Å². The Morgan fingerprint density at radius 3 is 2.79 bits per heavy atom. The third-order valence-corrected chi connectivity index (χ3v) is 2.77. The molecule has 1 aromatic heterocycles. The molecule has 1 amide bonds. The Morgan fingerprint density at radius 2 is 2.16 bits per heavy atom. The fraction of sp³-hybridized carbons (Fsp3) is 0.154. The molecule has 0 saturated heterocycles. The molecule has 1 aromatic carbocycles. The Morgan fingerprint density at radius 1 is 1.42 bits per heavy atom. The number of likely N-dealkylation sites (N-methyl/N-ethyl adjacent to an activating group) is 1. The van der Waals surface area contributed by atoms with Crippen molar-refractivity contribution in [1.82, 2.24) is 20.1 Å². The number of rotatable bonds is 4. The van der Waals surface area contributed by atoms with Crippen LogP contribution < -0.4 is 0 Å². The van der Waals surface area contributed by atoms with Crippen molar-refractivity contribution in [2.75, 3.05) is 7.05 Å². The van der Waals surface area contributed by atoms with Crippen molar-refractivity contribution in [3.05, 3.63) is 53.1 Å². The summed E-state index contributed by atoms with van der Waals surface area (Å²) in [6.07, 6.45) is 4.67. The number of benzene rings is 1. The van der Waals surface area contributed by atoms with Gasteiger partial charge in [0.2, 0.25) is 5.91 Å². The van der Waals surface area contributed by atoms with Crippen molar-refractivity contribution >= 4 is 23.6 Å². The monoisotopic (exact) mass is 276 g/mol. The maximum atomic E-state index is 11.9. The van der Waals surface area contributed by atoms with E-state index >= 15 is 0 Å². The minimum atomic E-state index is -0.105. The van der Waals surface area contributed by atoms with Crippen LogP contribution >= 0.6 is 11.6 Å². The van der Waals surface area contributed by atoms with Gasteiger partial charge in [0.1, 0.15) is 12.2 Å². The van der Waals surface area contributed by atoms with Gasteiger partial charge in [0, 0.05) is 18.1 Å². The fourth-order valence-corrected chi connectivity index (χ4v) is 1.60. The van der Waals surface area contributed by atoms with E-state index < -0.39 is 0 Å².